The maximum Gasteiger partial charge on any atom is 0.253 e. The lowest BCUT2D eigenvalue weighted by Gasteiger charge is -2.36. The third kappa shape index (κ3) is 3.17. The van der Waals surface area contributed by atoms with Crippen molar-refractivity contribution in [2.75, 3.05) is 20.6 Å². The molecule has 1 aliphatic rings. The highest BCUT2D eigenvalue weighted by molar-refractivity contribution is 7.16. The summed E-state index contributed by atoms with van der Waals surface area (Å²) < 4.78 is 1.06. The molecule has 1 amide bonds. The maximum absolute atomic E-state index is 12.8. The van der Waals surface area contributed by atoms with Gasteiger partial charge in [-0.25, -0.2) is 4.98 Å². The van der Waals surface area contributed by atoms with Gasteiger partial charge in [-0.2, -0.15) is 0 Å². The van der Waals surface area contributed by atoms with Gasteiger partial charge >= 0.3 is 0 Å². The Morgan fingerprint density at radius 1 is 1.28 bits per heavy atom. The van der Waals surface area contributed by atoms with Crippen molar-refractivity contribution in [1.29, 1.82) is 0 Å². The van der Waals surface area contributed by atoms with Crippen molar-refractivity contribution in [2.24, 2.45) is 0 Å². The lowest BCUT2D eigenvalue weighted by atomic mass is 9.94. The van der Waals surface area contributed by atoms with E-state index in [1.807, 2.05) is 35.7 Å². The molecular formula is C20H21N3OS. The number of carbonyl (C=O) groups is 1. The van der Waals surface area contributed by atoms with Crippen LogP contribution in [0.4, 0.5) is 0 Å². The van der Waals surface area contributed by atoms with Crippen molar-refractivity contribution >= 4 is 27.5 Å². The summed E-state index contributed by atoms with van der Waals surface area (Å²) in [6.07, 6.45) is 0.984. The van der Waals surface area contributed by atoms with Crippen molar-refractivity contribution in [3.63, 3.8) is 0 Å². The predicted octanol–water partition coefficient (Wildman–Crippen LogP) is 3.43. The number of amides is 1. The summed E-state index contributed by atoms with van der Waals surface area (Å²) >= 11 is 1.57. The average Bonchev–Trinajstić information content (AvgIpc) is 3.09. The smallest absolute Gasteiger partial charge is 0.253 e. The van der Waals surface area contributed by atoms with E-state index in [2.05, 4.69) is 41.2 Å². The Hall–Kier alpha value is -2.24. The number of nitrogens with zero attached hydrogens (tertiary/aromatic N) is 3. The van der Waals surface area contributed by atoms with E-state index in [0.717, 1.165) is 35.3 Å². The molecule has 5 heteroatoms. The molecule has 3 aromatic rings. The number of benzene rings is 2. The SMILES string of the molecule is CN(CC1Cc2ccccc2CN1C)C(=O)c1ccc2ncsc2c1. The van der Waals surface area contributed by atoms with Crippen LogP contribution in [0.1, 0.15) is 21.5 Å². The molecular weight excluding hydrogens is 330 g/mol. The van der Waals surface area contributed by atoms with Crippen LogP contribution in [-0.4, -0.2) is 47.4 Å². The summed E-state index contributed by atoms with van der Waals surface area (Å²) in [5.41, 5.74) is 6.30. The van der Waals surface area contributed by atoms with Gasteiger partial charge in [0.1, 0.15) is 0 Å². The maximum atomic E-state index is 12.8. The van der Waals surface area contributed by atoms with E-state index in [0.29, 0.717) is 6.04 Å². The van der Waals surface area contributed by atoms with Gasteiger partial charge in [0.15, 0.2) is 0 Å². The van der Waals surface area contributed by atoms with E-state index in [9.17, 15) is 4.79 Å². The minimum absolute atomic E-state index is 0.0718. The zero-order valence-corrected chi connectivity index (χ0v) is 15.3. The number of hydrogen-bond acceptors (Lipinski definition) is 4. The molecule has 128 valence electrons. The minimum atomic E-state index is 0.0718. The summed E-state index contributed by atoms with van der Waals surface area (Å²) in [7, 11) is 4.04. The highest BCUT2D eigenvalue weighted by Crippen LogP contribution is 2.23. The summed E-state index contributed by atoms with van der Waals surface area (Å²) in [4.78, 5) is 21.3. The minimum Gasteiger partial charge on any atom is -0.340 e. The van der Waals surface area contributed by atoms with Gasteiger partial charge in [-0.05, 0) is 42.8 Å². The topological polar surface area (TPSA) is 36.4 Å². The second-order valence-corrected chi connectivity index (χ2v) is 7.65. The van der Waals surface area contributed by atoms with Crippen LogP contribution in [0.2, 0.25) is 0 Å². The average molecular weight is 351 g/mol. The molecule has 2 heterocycles. The van der Waals surface area contributed by atoms with Gasteiger partial charge in [-0.3, -0.25) is 9.69 Å². The molecule has 0 aliphatic carbocycles. The van der Waals surface area contributed by atoms with Crippen molar-refractivity contribution in [3.8, 4) is 0 Å². The summed E-state index contributed by atoms with van der Waals surface area (Å²) in [5, 5.41) is 0. The van der Waals surface area contributed by atoms with Crippen molar-refractivity contribution in [2.45, 2.75) is 19.0 Å². The standard InChI is InChI=1S/C20H21N3OS/c1-22-11-16-6-4-3-5-14(16)9-17(22)12-23(2)20(24)15-7-8-18-19(10-15)25-13-21-18/h3-8,10,13,17H,9,11-12H2,1-2H3. The van der Waals surface area contributed by atoms with Crippen molar-refractivity contribution < 1.29 is 4.79 Å². The molecule has 2 aromatic carbocycles. The van der Waals surface area contributed by atoms with E-state index in [4.69, 9.17) is 0 Å². The fourth-order valence-corrected chi connectivity index (χ4v) is 4.25. The lowest BCUT2D eigenvalue weighted by Crippen LogP contribution is -2.46. The number of carbonyl (C=O) groups excluding carboxylic acids is 1. The number of aromatic nitrogens is 1. The van der Waals surface area contributed by atoms with Gasteiger partial charge in [0.2, 0.25) is 0 Å². The van der Waals surface area contributed by atoms with Gasteiger partial charge < -0.3 is 4.90 Å². The Morgan fingerprint density at radius 3 is 2.92 bits per heavy atom. The van der Waals surface area contributed by atoms with Gasteiger partial charge in [-0.15, -0.1) is 11.3 Å². The van der Waals surface area contributed by atoms with Crippen LogP contribution in [0, 0.1) is 0 Å². The summed E-state index contributed by atoms with van der Waals surface area (Å²) in [6.45, 7) is 1.67. The van der Waals surface area contributed by atoms with E-state index < -0.39 is 0 Å². The zero-order valence-electron chi connectivity index (χ0n) is 14.5. The Bertz CT molecular complexity index is 920. The molecule has 1 aliphatic heterocycles. The third-order valence-corrected chi connectivity index (χ3v) is 5.82. The Labute approximate surface area is 151 Å². The van der Waals surface area contributed by atoms with E-state index in [1.165, 1.54) is 11.1 Å². The first-order chi connectivity index (χ1) is 12.1. The molecule has 4 nitrogen and oxygen atoms in total. The molecule has 0 saturated heterocycles. The Morgan fingerprint density at radius 2 is 2.08 bits per heavy atom. The van der Waals surface area contributed by atoms with Crippen LogP contribution in [-0.2, 0) is 13.0 Å². The molecule has 0 radical (unpaired) electrons. The van der Waals surface area contributed by atoms with Gasteiger partial charge in [0.25, 0.3) is 5.91 Å². The van der Waals surface area contributed by atoms with Crippen LogP contribution in [0.5, 0.6) is 0 Å². The van der Waals surface area contributed by atoms with Gasteiger partial charge in [0, 0.05) is 31.7 Å². The first-order valence-electron chi connectivity index (χ1n) is 8.47. The highest BCUT2D eigenvalue weighted by Gasteiger charge is 2.25. The van der Waals surface area contributed by atoms with Gasteiger partial charge in [0.05, 0.1) is 15.7 Å². The Kier molecular flexibility index (Phi) is 4.27. The normalized spacial score (nSPS) is 17.4. The molecule has 0 saturated carbocycles. The number of thiazole rings is 1. The highest BCUT2D eigenvalue weighted by atomic mass is 32.1. The molecule has 25 heavy (non-hydrogen) atoms. The quantitative estimate of drug-likeness (QED) is 0.725. The van der Waals surface area contributed by atoms with Crippen LogP contribution < -0.4 is 0 Å². The zero-order chi connectivity index (χ0) is 17.4. The first-order valence-corrected chi connectivity index (χ1v) is 9.35. The number of likely N-dealkylation sites (N-methyl/N-ethyl adjacent to an activating group) is 2. The summed E-state index contributed by atoms with van der Waals surface area (Å²) in [6, 6.07) is 14.7. The second kappa shape index (κ2) is 6.58. The van der Waals surface area contributed by atoms with Crippen LogP contribution in [0.3, 0.4) is 0 Å². The van der Waals surface area contributed by atoms with E-state index in [1.54, 1.807) is 11.3 Å². The molecule has 0 bridgehead atoms. The van der Waals surface area contributed by atoms with Crippen molar-refractivity contribution in [1.82, 2.24) is 14.8 Å². The number of rotatable bonds is 3. The van der Waals surface area contributed by atoms with Crippen molar-refractivity contribution in [3.05, 3.63) is 64.7 Å². The Balaban J connectivity index is 1.49. The fraction of sp³-hybridized carbons (Fsp3) is 0.300. The largest absolute Gasteiger partial charge is 0.340 e. The van der Waals surface area contributed by atoms with Crippen LogP contribution in [0.15, 0.2) is 48.0 Å². The van der Waals surface area contributed by atoms with E-state index >= 15 is 0 Å². The monoisotopic (exact) mass is 351 g/mol. The number of hydrogen-bond donors (Lipinski definition) is 0. The number of fused-ring (bicyclic) bond motifs is 2. The van der Waals surface area contributed by atoms with Crippen LogP contribution in [0.25, 0.3) is 10.2 Å². The summed E-state index contributed by atoms with van der Waals surface area (Å²) in [5.74, 6) is 0.0718. The molecule has 1 unspecified atom stereocenters. The van der Waals surface area contributed by atoms with Crippen LogP contribution >= 0.6 is 11.3 Å². The molecule has 4 rings (SSSR count). The molecule has 1 aromatic heterocycles. The van der Waals surface area contributed by atoms with Gasteiger partial charge in [-0.1, -0.05) is 24.3 Å². The fourth-order valence-electron chi connectivity index (χ4n) is 3.53. The third-order valence-electron chi connectivity index (χ3n) is 5.03. The molecule has 1 atom stereocenters. The molecule has 0 N–H and O–H groups in total. The van der Waals surface area contributed by atoms with E-state index in [-0.39, 0.29) is 5.91 Å². The first kappa shape index (κ1) is 16.2. The predicted molar refractivity (Wildman–Crippen MR) is 102 cm³/mol. The lowest BCUT2D eigenvalue weighted by molar-refractivity contribution is 0.0733. The second-order valence-electron chi connectivity index (χ2n) is 6.76. The molecule has 0 fully saturated rings. The molecule has 0 spiro atoms.